The average Bonchev–Trinajstić information content (AvgIpc) is 2.34. The van der Waals surface area contributed by atoms with Crippen LogP contribution in [0.3, 0.4) is 0 Å². The van der Waals surface area contributed by atoms with Crippen LogP contribution in [0.2, 0.25) is 0 Å². The maximum atomic E-state index is 13.5. The Hall–Kier alpha value is -1.88. The number of methoxy groups -OCH3 is 1. The number of halogens is 1. The SMILES string of the molecule is COCCCOc1c(F)cccc1/C=C/C(=O)O. The second-order valence-corrected chi connectivity index (χ2v) is 3.52. The van der Waals surface area contributed by atoms with Crippen LogP contribution >= 0.6 is 0 Å². The van der Waals surface area contributed by atoms with Gasteiger partial charge in [-0.05, 0) is 12.1 Å². The van der Waals surface area contributed by atoms with Crippen molar-refractivity contribution in [3.63, 3.8) is 0 Å². The quantitative estimate of drug-likeness (QED) is 0.599. The molecule has 0 bridgehead atoms. The van der Waals surface area contributed by atoms with E-state index in [0.29, 0.717) is 25.2 Å². The van der Waals surface area contributed by atoms with Gasteiger partial charge in [0.2, 0.25) is 0 Å². The van der Waals surface area contributed by atoms with E-state index in [2.05, 4.69) is 0 Å². The second kappa shape index (κ2) is 7.45. The van der Waals surface area contributed by atoms with Crippen molar-refractivity contribution in [3.05, 3.63) is 35.7 Å². The van der Waals surface area contributed by atoms with Crippen LogP contribution in [0.15, 0.2) is 24.3 Å². The van der Waals surface area contributed by atoms with Crippen LogP contribution in [0, 0.1) is 5.82 Å². The lowest BCUT2D eigenvalue weighted by molar-refractivity contribution is -0.131. The largest absolute Gasteiger partial charge is 0.490 e. The Bertz CT molecular complexity index is 429. The van der Waals surface area contributed by atoms with E-state index in [-0.39, 0.29) is 5.75 Å². The van der Waals surface area contributed by atoms with Crippen molar-refractivity contribution in [1.29, 1.82) is 0 Å². The highest BCUT2D eigenvalue weighted by atomic mass is 19.1. The Kier molecular flexibility index (Phi) is 5.87. The van der Waals surface area contributed by atoms with Gasteiger partial charge in [-0.3, -0.25) is 0 Å². The minimum atomic E-state index is -1.09. The number of para-hydroxylation sites is 1. The first-order valence-electron chi connectivity index (χ1n) is 5.46. The maximum Gasteiger partial charge on any atom is 0.328 e. The third-order valence-electron chi connectivity index (χ3n) is 2.14. The van der Waals surface area contributed by atoms with Crippen LogP contribution in [-0.2, 0) is 9.53 Å². The normalized spacial score (nSPS) is 10.8. The summed E-state index contributed by atoms with van der Waals surface area (Å²) >= 11 is 0. The summed E-state index contributed by atoms with van der Waals surface area (Å²) in [6.45, 7) is 0.831. The molecule has 0 spiro atoms. The number of rotatable bonds is 7. The van der Waals surface area contributed by atoms with Gasteiger partial charge in [-0.15, -0.1) is 0 Å². The van der Waals surface area contributed by atoms with E-state index in [1.807, 2.05) is 0 Å². The Morgan fingerprint density at radius 3 is 2.89 bits per heavy atom. The lowest BCUT2D eigenvalue weighted by Crippen LogP contribution is -2.04. The van der Waals surface area contributed by atoms with Gasteiger partial charge in [0.25, 0.3) is 0 Å². The fourth-order valence-corrected chi connectivity index (χ4v) is 1.35. The molecule has 0 aliphatic rings. The highest BCUT2D eigenvalue weighted by molar-refractivity contribution is 5.85. The van der Waals surface area contributed by atoms with Crippen molar-refractivity contribution in [2.24, 2.45) is 0 Å². The van der Waals surface area contributed by atoms with Crippen molar-refractivity contribution < 1.29 is 23.8 Å². The molecule has 0 radical (unpaired) electrons. The number of carbonyl (C=O) groups is 1. The second-order valence-electron chi connectivity index (χ2n) is 3.52. The standard InChI is InChI=1S/C13H15FO4/c1-17-8-3-9-18-13-10(6-7-12(15)16)4-2-5-11(13)14/h2,4-7H,3,8-9H2,1H3,(H,15,16)/b7-6+. The Labute approximate surface area is 105 Å². The van der Waals surface area contributed by atoms with Gasteiger partial charge in [0.1, 0.15) is 0 Å². The van der Waals surface area contributed by atoms with E-state index in [9.17, 15) is 9.18 Å². The minimum Gasteiger partial charge on any atom is -0.490 e. The van der Waals surface area contributed by atoms with E-state index in [1.165, 1.54) is 18.2 Å². The molecule has 1 rings (SSSR count). The molecule has 0 saturated heterocycles. The van der Waals surface area contributed by atoms with Crippen molar-refractivity contribution in [1.82, 2.24) is 0 Å². The Morgan fingerprint density at radius 1 is 1.44 bits per heavy atom. The van der Waals surface area contributed by atoms with Crippen LogP contribution < -0.4 is 4.74 Å². The molecule has 4 nitrogen and oxygen atoms in total. The van der Waals surface area contributed by atoms with Gasteiger partial charge in [-0.2, -0.15) is 0 Å². The number of aliphatic carboxylic acids is 1. The van der Waals surface area contributed by atoms with Gasteiger partial charge in [-0.1, -0.05) is 12.1 Å². The molecule has 0 heterocycles. The zero-order valence-corrected chi connectivity index (χ0v) is 10.1. The molecule has 0 aromatic heterocycles. The van der Waals surface area contributed by atoms with Crippen molar-refractivity contribution in [2.75, 3.05) is 20.3 Å². The molecule has 18 heavy (non-hydrogen) atoms. The highest BCUT2D eigenvalue weighted by Gasteiger charge is 2.07. The zero-order chi connectivity index (χ0) is 13.4. The van der Waals surface area contributed by atoms with Crippen molar-refractivity contribution >= 4 is 12.0 Å². The van der Waals surface area contributed by atoms with Gasteiger partial charge >= 0.3 is 5.97 Å². The predicted octanol–water partition coefficient (Wildman–Crippen LogP) is 2.34. The first-order valence-corrected chi connectivity index (χ1v) is 5.46. The monoisotopic (exact) mass is 254 g/mol. The molecular formula is C13H15FO4. The van der Waals surface area contributed by atoms with E-state index < -0.39 is 11.8 Å². The molecule has 0 atom stereocenters. The smallest absolute Gasteiger partial charge is 0.328 e. The summed E-state index contributed by atoms with van der Waals surface area (Å²) in [6.07, 6.45) is 2.88. The summed E-state index contributed by atoms with van der Waals surface area (Å²) in [6, 6.07) is 4.36. The average molecular weight is 254 g/mol. The Balaban J connectivity index is 2.77. The van der Waals surface area contributed by atoms with Gasteiger partial charge in [0.15, 0.2) is 11.6 Å². The maximum absolute atomic E-state index is 13.5. The number of carboxylic acids is 1. The lowest BCUT2D eigenvalue weighted by atomic mass is 10.2. The summed E-state index contributed by atoms with van der Waals surface area (Å²) < 4.78 is 23.7. The van der Waals surface area contributed by atoms with Crippen molar-refractivity contribution in [2.45, 2.75) is 6.42 Å². The third kappa shape index (κ3) is 4.55. The summed E-state index contributed by atoms with van der Waals surface area (Å²) in [5.74, 6) is -1.55. The number of ether oxygens (including phenoxy) is 2. The number of benzene rings is 1. The first kappa shape index (κ1) is 14.2. The molecule has 0 fully saturated rings. The molecule has 0 aliphatic carbocycles. The molecule has 98 valence electrons. The molecule has 1 aromatic carbocycles. The Morgan fingerprint density at radius 2 is 2.22 bits per heavy atom. The fraction of sp³-hybridized carbons (Fsp3) is 0.308. The topological polar surface area (TPSA) is 55.8 Å². The van der Waals surface area contributed by atoms with E-state index >= 15 is 0 Å². The molecular weight excluding hydrogens is 239 g/mol. The van der Waals surface area contributed by atoms with E-state index in [0.717, 1.165) is 6.08 Å². The zero-order valence-electron chi connectivity index (χ0n) is 10.1. The molecule has 1 aromatic rings. The summed E-state index contributed by atoms with van der Waals surface area (Å²) in [7, 11) is 1.57. The summed E-state index contributed by atoms with van der Waals surface area (Å²) in [5.41, 5.74) is 0.398. The molecule has 0 saturated carbocycles. The number of hydrogen-bond acceptors (Lipinski definition) is 3. The number of hydrogen-bond donors (Lipinski definition) is 1. The van der Waals surface area contributed by atoms with Gasteiger partial charge < -0.3 is 14.6 Å². The molecule has 1 N–H and O–H groups in total. The third-order valence-corrected chi connectivity index (χ3v) is 2.14. The van der Waals surface area contributed by atoms with Crippen LogP contribution in [-0.4, -0.2) is 31.4 Å². The van der Waals surface area contributed by atoms with Gasteiger partial charge in [0.05, 0.1) is 6.61 Å². The molecule has 5 heteroatoms. The van der Waals surface area contributed by atoms with Gasteiger partial charge in [0, 0.05) is 31.8 Å². The van der Waals surface area contributed by atoms with Gasteiger partial charge in [-0.25, -0.2) is 9.18 Å². The predicted molar refractivity (Wildman–Crippen MR) is 65.1 cm³/mol. The van der Waals surface area contributed by atoms with Crippen LogP contribution in [0.25, 0.3) is 6.08 Å². The highest BCUT2D eigenvalue weighted by Crippen LogP contribution is 2.24. The number of carboxylic acid groups (broad SMARTS) is 1. The minimum absolute atomic E-state index is 0.0612. The van der Waals surface area contributed by atoms with Crippen LogP contribution in [0.5, 0.6) is 5.75 Å². The lowest BCUT2D eigenvalue weighted by Gasteiger charge is -2.09. The van der Waals surface area contributed by atoms with Crippen LogP contribution in [0.1, 0.15) is 12.0 Å². The van der Waals surface area contributed by atoms with E-state index in [4.69, 9.17) is 14.6 Å². The van der Waals surface area contributed by atoms with Crippen molar-refractivity contribution in [3.8, 4) is 5.75 Å². The summed E-state index contributed by atoms with van der Waals surface area (Å²) in [5, 5.41) is 8.54. The summed E-state index contributed by atoms with van der Waals surface area (Å²) in [4.78, 5) is 10.4. The van der Waals surface area contributed by atoms with Crippen LogP contribution in [0.4, 0.5) is 4.39 Å². The fourth-order valence-electron chi connectivity index (χ4n) is 1.35. The van der Waals surface area contributed by atoms with E-state index in [1.54, 1.807) is 13.2 Å². The molecule has 0 aliphatic heterocycles. The first-order chi connectivity index (χ1) is 8.65. The molecule has 0 unspecified atom stereocenters. The molecule has 0 amide bonds.